The van der Waals surface area contributed by atoms with Gasteiger partial charge in [-0.3, -0.25) is 0 Å². The number of rotatable bonds is 2. The molecule has 2 aromatic rings. The molecule has 1 aliphatic carbocycles. The van der Waals surface area contributed by atoms with Gasteiger partial charge in [0.25, 0.3) is 0 Å². The van der Waals surface area contributed by atoms with Crippen LogP contribution < -0.4 is 5.43 Å². The predicted molar refractivity (Wildman–Crippen MR) is 91.4 cm³/mol. The lowest BCUT2D eigenvalue weighted by Crippen LogP contribution is -2.25. The van der Waals surface area contributed by atoms with E-state index in [0.29, 0.717) is 5.92 Å². The van der Waals surface area contributed by atoms with E-state index in [2.05, 4.69) is 16.6 Å². The lowest BCUT2D eigenvalue weighted by Gasteiger charge is -2.26. The molecule has 1 aliphatic heterocycles. The van der Waals surface area contributed by atoms with Crippen molar-refractivity contribution in [1.29, 1.82) is 0 Å². The molecule has 2 nitrogen and oxygen atoms in total. The van der Waals surface area contributed by atoms with E-state index < -0.39 is 0 Å². The van der Waals surface area contributed by atoms with Crippen molar-refractivity contribution in [3.05, 3.63) is 76.9 Å². The van der Waals surface area contributed by atoms with Crippen LogP contribution in [-0.2, 0) is 0 Å². The summed E-state index contributed by atoms with van der Waals surface area (Å²) in [5, 5.41) is 4.56. The van der Waals surface area contributed by atoms with E-state index in [9.17, 15) is 8.78 Å². The monoisotopic (exact) mass is 324 g/mol. The van der Waals surface area contributed by atoms with Crippen molar-refractivity contribution >= 4 is 11.8 Å². The van der Waals surface area contributed by atoms with Crippen LogP contribution >= 0.6 is 0 Å². The summed E-state index contributed by atoms with van der Waals surface area (Å²) in [6.07, 6.45) is 5.23. The number of hydrogen-bond donors (Lipinski definition) is 1. The zero-order valence-electron chi connectivity index (χ0n) is 13.2. The Balaban J connectivity index is 1.60. The van der Waals surface area contributed by atoms with Gasteiger partial charge in [0, 0.05) is 5.92 Å². The van der Waals surface area contributed by atoms with Gasteiger partial charge in [-0.2, -0.15) is 5.10 Å². The topological polar surface area (TPSA) is 24.4 Å². The van der Waals surface area contributed by atoms with Crippen molar-refractivity contribution in [2.45, 2.75) is 25.3 Å². The number of halogens is 2. The van der Waals surface area contributed by atoms with E-state index in [1.54, 1.807) is 12.1 Å². The first-order valence-corrected chi connectivity index (χ1v) is 8.26. The van der Waals surface area contributed by atoms with E-state index in [0.717, 1.165) is 36.1 Å². The van der Waals surface area contributed by atoms with E-state index in [4.69, 9.17) is 0 Å². The summed E-state index contributed by atoms with van der Waals surface area (Å²) in [7, 11) is 0. The van der Waals surface area contributed by atoms with Crippen LogP contribution in [0.5, 0.6) is 0 Å². The maximum absolute atomic E-state index is 13.2. The quantitative estimate of drug-likeness (QED) is 0.839. The highest BCUT2D eigenvalue weighted by Crippen LogP contribution is 2.39. The Bertz CT molecular complexity index is 791. The van der Waals surface area contributed by atoms with Crippen LogP contribution in [-0.4, -0.2) is 5.71 Å². The van der Waals surface area contributed by atoms with Gasteiger partial charge in [0.2, 0.25) is 0 Å². The highest BCUT2D eigenvalue weighted by atomic mass is 19.1. The van der Waals surface area contributed by atoms with Gasteiger partial charge >= 0.3 is 0 Å². The Morgan fingerprint density at radius 2 is 1.62 bits per heavy atom. The molecule has 122 valence electrons. The van der Waals surface area contributed by atoms with Gasteiger partial charge in [-0.25, -0.2) is 8.78 Å². The van der Waals surface area contributed by atoms with E-state index >= 15 is 0 Å². The maximum Gasteiger partial charge on any atom is 0.123 e. The summed E-state index contributed by atoms with van der Waals surface area (Å²) in [4.78, 5) is 0. The van der Waals surface area contributed by atoms with Gasteiger partial charge in [-0.05, 0) is 66.3 Å². The molecule has 0 saturated heterocycles. The Morgan fingerprint density at radius 1 is 0.958 bits per heavy atom. The van der Waals surface area contributed by atoms with Gasteiger partial charge in [0.1, 0.15) is 11.6 Å². The summed E-state index contributed by atoms with van der Waals surface area (Å²) in [6, 6.07) is 13.2. The van der Waals surface area contributed by atoms with Crippen molar-refractivity contribution < 1.29 is 8.78 Å². The second kappa shape index (κ2) is 6.19. The van der Waals surface area contributed by atoms with Crippen LogP contribution in [0.1, 0.15) is 36.4 Å². The molecule has 1 heterocycles. The fourth-order valence-electron chi connectivity index (χ4n) is 3.61. The zero-order valence-corrected chi connectivity index (χ0v) is 13.2. The number of hydrazone groups is 1. The van der Waals surface area contributed by atoms with Crippen LogP contribution in [0, 0.1) is 17.6 Å². The van der Waals surface area contributed by atoms with Gasteiger partial charge in [-0.15, -0.1) is 0 Å². The Morgan fingerprint density at radius 3 is 2.33 bits per heavy atom. The molecule has 0 spiro atoms. The SMILES string of the molecule is Fc1ccc(/C=C2\CCCC3C2=NNC3c2ccc(F)cc2)cc1. The highest BCUT2D eigenvalue weighted by molar-refractivity contribution is 6.07. The number of nitrogens with zero attached hydrogens (tertiary/aromatic N) is 1. The average molecular weight is 324 g/mol. The van der Waals surface area contributed by atoms with E-state index in [-0.39, 0.29) is 17.7 Å². The van der Waals surface area contributed by atoms with E-state index in [1.165, 1.54) is 29.8 Å². The first-order valence-electron chi connectivity index (χ1n) is 8.26. The number of fused-ring (bicyclic) bond motifs is 1. The summed E-state index contributed by atoms with van der Waals surface area (Å²) in [5.74, 6) is -0.149. The van der Waals surface area contributed by atoms with Crippen molar-refractivity contribution in [3.63, 3.8) is 0 Å². The van der Waals surface area contributed by atoms with Crippen LogP contribution in [0.2, 0.25) is 0 Å². The zero-order chi connectivity index (χ0) is 16.5. The number of hydrogen-bond acceptors (Lipinski definition) is 2. The summed E-state index contributed by atoms with van der Waals surface area (Å²) in [6.45, 7) is 0. The molecule has 1 N–H and O–H groups in total. The molecule has 2 aromatic carbocycles. The van der Waals surface area contributed by atoms with Crippen molar-refractivity contribution in [3.8, 4) is 0 Å². The second-order valence-corrected chi connectivity index (χ2v) is 6.38. The van der Waals surface area contributed by atoms with Crippen LogP contribution in [0.4, 0.5) is 8.78 Å². The molecule has 1 saturated carbocycles. The fourth-order valence-corrected chi connectivity index (χ4v) is 3.61. The third-order valence-corrected chi connectivity index (χ3v) is 4.81. The molecular weight excluding hydrogens is 306 g/mol. The molecule has 4 rings (SSSR count). The van der Waals surface area contributed by atoms with Crippen molar-refractivity contribution in [1.82, 2.24) is 5.43 Å². The van der Waals surface area contributed by atoms with Crippen LogP contribution in [0.15, 0.2) is 59.2 Å². The molecule has 2 unspecified atom stereocenters. The molecule has 0 amide bonds. The van der Waals surface area contributed by atoms with Crippen LogP contribution in [0.25, 0.3) is 6.08 Å². The standard InChI is InChI=1S/C20H18F2N2/c21-16-8-4-13(5-9-16)12-15-2-1-3-18-19(23-24-20(15)18)14-6-10-17(22)11-7-14/h4-12,18-19,23H,1-3H2/b15-12+. The summed E-state index contributed by atoms with van der Waals surface area (Å²) >= 11 is 0. The average Bonchev–Trinajstić information content (AvgIpc) is 3.03. The molecule has 0 radical (unpaired) electrons. The van der Waals surface area contributed by atoms with E-state index in [1.807, 2.05) is 12.1 Å². The Labute approximate surface area is 139 Å². The minimum Gasteiger partial charge on any atom is -0.302 e. The molecule has 0 aromatic heterocycles. The van der Waals surface area contributed by atoms with Crippen molar-refractivity contribution in [2.75, 3.05) is 0 Å². The van der Waals surface area contributed by atoms with Gasteiger partial charge < -0.3 is 5.43 Å². The normalized spacial score (nSPS) is 24.4. The minimum absolute atomic E-state index is 0.0949. The number of allylic oxidation sites excluding steroid dienone is 1. The third-order valence-electron chi connectivity index (χ3n) is 4.81. The van der Waals surface area contributed by atoms with Crippen molar-refractivity contribution in [2.24, 2.45) is 11.0 Å². The maximum atomic E-state index is 13.2. The molecule has 2 atom stereocenters. The molecular formula is C20H18F2N2. The Hall–Kier alpha value is -2.49. The predicted octanol–water partition coefficient (Wildman–Crippen LogP) is 4.85. The number of benzene rings is 2. The lowest BCUT2D eigenvalue weighted by molar-refractivity contribution is 0.450. The second-order valence-electron chi connectivity index (χ2n) is 6.38. The van der Waals surface area contributed by atoms with Gasteiger partial charge in [0.15, 0.2) is 0 Å². The smallest absolute Gasteiger partial charge is 0.123 e. The molecule has 1 fully saturated rings. The first kappa shape index (κ1) is 15.1. The molecule has 4 heteroatoms. The van der Waals surface area contributed by atoms with Crippen LogP contribution in [0.3, 0.4) is 0 Å². The summed E-state index contributed by atoms with van der Waals surface area (Å²) < 4.78 is 26.2. The summed E-state index contributed by atoms with van der Waals surface area (Å²) in [5.41, 5.74) is 7.56. The number of nitrogens with one attached hydrogen (secondary N) is 1. The van der Waals surface area contributed by atoms with Gasteiger partial charge in [-0.1, -0.05) is 24.3 Å². The first-order chi connectivity index (χ1) is 11.7. The molecule has 0 bridgehead atoms. The minimum atomic E-state index is -0.227. The third kappa shape index (κ3) is 2.84. The van der Waals surface area contributed by atoms with Gasteiger partial charge in [0.05, 0.1) is 11.8 Å². The lowest BCUT2D eigenvalue weighted by atomic mass is 9.78. The fraction of sp³-hybridized carbons (Fsp3) is 0.250. The largest absolute Gasteiger partial charge is 0.302 e. The molecule has 24 heavy (non-hydrogen) atoms. The Kier molecular flexibility index (Phi) is 3.89. The highest BCUT2D eigenvalue weighted by Gasteiger charge is 2.36. The molecule has 2 aliphatic rings.